The molecule has 4 heteroatoms. The topological polar surface area (TPSA) is 39.1 Å². The Morgan fingerprint density at radius 2 is 2.25 bits per heavy atom. The van der Waals surface area contributed by atoms with Gasteiger partial charge in [-0.3, -0.25) is 4.68 Å². The maximum atomic E-state index is 5.61. The van der Waals surface area contributed by atoms with Crippen molar-refractivity contribution >= 4 is 0 Å². The van der Waals surface area contributed by atoms with Crippen LogP contribution in [-0.2, 0) is 18.2 Å². The molecule has 0 aliphatic heterocycles. The normalized spacial score (nSPS) is 13.3. The lowest BCUT2D eigenvalue weighted by Crippen LogP contribution is -2.32. The molecular weight excluding hydrogens is 202 g/mol. The van der Waals surface area contributed by atoms with Gasteiger partial charge in [0.2, 0.25) is 0 Å². The molecule has 1 aromatic rings. The van der Waals surface area contributed by atoms with E-state index in [1.54, 1.807) is 0 Å². The van der Waals surface area contributed by atoms with E-state index in [-0.39, 0.29) is 0 Å². The summed E-state index contributed by atoms with van der Waals surface area (Å²) in [6, 6.07) is 2.48. The van der Waals surface area contributed by atoms with Crippen LogP contribution in [0.15, 0.2) is 12.3 Å². The van der Waals surface area contributed by atoms with Crippen molar-refractivity contribution in [3.05, 3.63) is 18.0 Å². The highest BCUT2D eigenvalue weighted by atomic mass is 16.5. The average Bonchev–Trinajstić information content (AvgIpc) is 2.64. The Morgan fingerprint density at radius 1 is 1.50 bits per heavy atom. The molecule has 1 unspecified atom stereocenters. The molecule has 0 aliphatic rings. The highest BCUT2D eigenvalue weighted by molar-refractivity contribution is 5.00. The highest BCUT2D eigenvalue weighted by Crippen LogP contribution is 2.05. The molecule has 0 fully saturated rings. The summed E-state index contributed by atoms with van der Waals surface area (Å²) >= 11 is 0. The molecule has 0 aliphatic carbocycles. The zero-order chi connectivity index (χ0) is 12.0. The zero-order valence-corrected chi connectivity index (χ0v) is 10.7. The summed E-state index contributed by atoms with van der Waals surface area (Å²) in [5.41, 5.74) is 1.27. The van der Waals surface area contributed by atoms with Crippen LogP contribution in [-0.4, -0.2) is 35.6 Å². The number of nitrogens with one attached hydrogen (secondary N) is 1. The fourth-order valence-electron chi connectivity index (χ4n) is 1.59. The predicted molar refractivity (Wildman–Crippen MR) is 65.5 cm³/mol. The van der Waals surface area contributed by atoms with Crippen molar-refractivity contribution in [2.75, 3.05) is 13.7 Å². The fraction of sp³-hybridized carbons (Fsp3) is 0.750. The zero-order valence-electron chi connectivity index (χ0n) is 10.7. The Labute approximate surface area is 98.0 Å². The van der Waals surface area contributed by atoms with Gasteiger partial charge in [0.05, 0.1) is 12.7 Å². The number of likely N-dealkylation sites (N-methyl/N-ethyl adjacent to an activating group) is 1. The summed E-state index contributed by atoms with van der Waals surface area (Å²) in [5, 5.41) is 7.44. The van der Waals surface area contributed by atoms with Gasteiger partial charge in [0.25, 0.3) is 0 Å². The van der Waals surface area contributed by atoms with Gasteiger partial charge in [-0.2, -0.15) is 5.10 Å². The molecule has 92 valence electrons. The van der Waals surface area contributed by atoms with Crippen LogP contribution in [0.1, 0.15) is 26.0 Å². The molecule has 16 heavy (non-hydrogen) atoms. The van der Waals surface area contributed by atoms with Crippen molar-refractivity contribution in [2.45, 2.75) is 38.8 Å². The van der Waals surface area contributed by atoms with E-state index in [0.717, 1.165) is 19.4 Å². The third-order valence-electron chi connectivity index (χ3n) is 2.71. The Morgan fingerprint density at radius 3 is 2.75 bits per heavy atom. The predicted octanol–water partition coefficient (Wildman–Crippen LogP) is 1.37. The molecule has 0 saturated heterocycles. The number of rotatable bonds is 7. The third-order valence-corrected chi connectivity index (χ3v) is 2.71. The minimum atomic E-state index is 0.299. The van der Waals surface area contributed by atoms with Crippen molar-refractivity contribution < 1.29 is 4.74 Å². The first kappa shape index (κ1) is 13.2. The Balaban J connectivity index is 2.31. The molecule has 1 heterocycles. The van der Waals surface area contributed by atoms with E-state index in [1.165, 1.54) is 5.69 Å². The van der Waals surface area contributed by atoms with E-state index in [2.05, 4.69) is 30.3 Å². The lowest BCUT2D eigenvalue weighted by molar-refractivity contribution is 0.0611. The van der Waals surface area contributed by atoms with E-state index in [0.29, 0.717) is 12.1 Å². The first-order valence-corrected chi connectivity index (χ1v) is 5.89. The van der Waals surface area contributed by atoms with Gasteiger partial charge in [0, 0.05) is 25.0 Å². The fourth-order valence-corrected chi connectivity index (χ4v) is 1.59. The summed E-state index contributed by atoms with van der Waals surface area (Å²) < 4.78 is 7.54. The molecule has 1 N–H and O–H groups in total. The summed E-state index contributed by atoms with van der Waals surface area (Å²) in [6.45, 7) is 4.90. The number of hydrogen-bond acceptors (Lipinski definition) is 3. The van der Waals surface area contributed by atoms with Crippen LogP contribution in [0.25, 0.3) is 0 Å². The minimum Gasteiger partial charge on any atom is -0.377 e. The summed E-state index contributed by atoms with van der Waals surface area (Å²) in [7, 11) is 3.96. The molecule has 0 aromatic carbocycles. The van der Waals surface area contributed by atoms with Gasteiger partial charge < -0.3 is 10.1 Å². The van der Waals surface area contributed by atoms with E-state index in [4.69, 9.17) is 4.74 Å². The van der Waals surface area contributed by atoms with Gasteiger partial charge >= 0.3 is 0 Å². The maximum Gasteiger partial charge on any atom is 0.0623 e. The molecule has 0 bridgehead atoms. The van der Waals surface area contributed by atoms with Crippen molar-refractivity contribution in [2.24, 2.45) is 7.05 Å². The number of aromatic nitrogens is 2. The van der Waals surface area contributed by atoms with Gasteiger partial charge in [0.15, 0.2) is 0 Å². The molecule has 1 atom stereocenters. The van der Waals surface area contributed by atoms with Crippen molar-refractivity contribution in [3.8, 4) is 0 Å². The van der Waals surface area contributed by atoms with E-state index in [9.17, 15) is 0 Å². The smallest absolute Gasteiger partial charge is 0.0623 e. The lowest BCUT2D eigenvalue weighted by atomic mass is 10.1. The first-order valence-electron chi connectivity index (χ1n) is 5.89. The Hall–Kier alpha value is -0.870. The van der Waals surface area contributed by atoms with Gasteiger partial charge in [-0.1, -0.05) is 0 Å². The van der Waals surface area contributed by atoms with Crippen LogP contribution >= 0.6 is 0 Å². The van der Waals surface area contributed by atoms with Crippen LogP contribution in [0.2, 0.25) is 0 Å². The number of nitrogens with zero attached hydrogens (tertiary/aromatic N) is 2. The first-order chi connectivity index (χ1) is 7.63. The van der Waals surface area contributed by atoms with Crippen LogP contribution in [0.4, 0.5) is 0 Å². The lowest BCUT2D eigenvalue weighted by Gasteiger charge is -2.17. The third kappa shape index (κ3) is 4.33. The van der Waals surface area contributed by atoms with E-state index in [1.807, 2.05) is 25.0 Å². The summed E-state index contributed by atoms with van der Waals surface area (Å²) in [4.78, 5) is 0. The Bertz CT molecular complexity index is 296. The van der Waals surface area contributed by atoms with Crippen molar-refractivity contribution in [1.82, 2.24) is 15.1 Å². The van der Waals surface area contributed by atoms with Gasteiger partial charge in [-0.25, -0.2) is 0 Å². The molecule has 1 rings (SSSR count). The number of ether oxygens (including phenoxy) is 1. The van der Waals surface area contributed by atoms with E-state index >= 15 is 0 Å². The molecule has 0 saturated carbocycles. The molecule has 0 radical (unpaired) electrons. The van der Waals surface area contributed by atoms with Crippen molar-refractivity contribution in [3.63, 3.8) is 0 Å². The maximum absolute atomic E-state index is 5.61. The Kier molecular flexibility index (Phi) is 5.49. The van der Waals surface area contributed by atoms with Crippen LogP contribution in [0, 0.1) is 0 Å². The van der Waals surface area contributed by atoms with Crippen molar-refractivity contribution in [1.29, 1.82) is 0 Å². The number of hydrogen-bond donors (Lipinski definition) is 1. The molecule has 0 amide bonds. The second-order valence-electron chi connectivity index (χ2n) is 4.35. The number of aryl methyl sites for hydroxylation is 2. The average molecular weight is 225 g/mol. The van der Waals surface area contributed by atoms with Gasteiger partial charge in [0.1, 0.15) is 0 Å². The second-order valence-corrected chi connectivity index (χ2v) is 4.35. The minimum absolute atomic E-state index is 0.299. The molecule has 4 nitrogen and oxygen atoms in total. The summed E-state index contributed by atoms with van der Waals surface area (Å²) in [6.07, 6.45) is 4.24. The van der Waals surface area contributed by atoms with E-state index < -0.39 is 0 Å². The van der Waals surface area contributed by atoms with Gasteiger partial charge in [-0.05, 0) is 39.8 Å². The molecule has 0 spiro atoms. The standard InChI is InChI=1S/C12H23N3O/c1-10(2)16-9-11(13-3)5-6-12-7-8-14-15(12)4/h7-8,10-11,13H,5-6,9H2,1-4H3. The highest BCUT2D eigenvalue weighted by Gasteiger charge is 2.08. The van der Waals surface area contributed by atoms with Crippen LogP contribution < -0.4 is 5.32 Å². The second kappa shape index (κ2) is 6.66. The molecule has 1 aromatic heterocycles. The largest absolute Gasteiger partial charge is 0.377 e. The molecular formula is C12H23N3O. The quantitative estimate of drug-likeness (QED) is 0.761. The van der Waals surface area contributed by atoms with Gasteiger partial charge in [-0.15, -0.1) is 0 Å². The monoisotopic (exact) mass is 225 g/mol. The van der Waals surface area contributed by atoms with Crippen LogP contribution in [0.5, 0.6) is 0 Å². The van der Waals surface area contributed by atoms with Crippen LogP contribution in [0.3, 0.4) is 0 Å². The SMILES string of the molecule is CNC(CCc1ccnn1C)COC(C)C. The summed E-state index contributed by atoms with van der Waals surface area (Å²) in [5.74, 6) is 0.